The lowest BCUT2D eigenvalue weighted by atomic mass is 10.2. The van der Waals surface area contributed by atoms with Gasteiger partial charge in [-0.15, -0.1) is 0 Å². The summed E-state index contributed by atoms with van der Waals surface area (Å²) in [4.78, 5) is 21.0. The second kappa shape index (κ2) is 7.69. The maximum Gasteiger partial charge on any atom is 0.242 e. The van der Waals surface area contributed by atoms with Gasteiger partial charge in [0, 0.05) is 40.2 Å². The van der Waals surface area contributed by atoms with Gasteiger partial charge >= 0.3 is 0 Å². The van der Waals surface area contributed by atoms with Crippen LogP contribution in [0.2, 0.25) is 0 Å². The highest BCUT2D eigenvalue weighted by Crippen LogP contribution is 2.22. The van der Waals surface area contributed by atoms with Crippen LogP contribution in [0.5, 0.6) is 0 Å². The number of sulfonamides is 1. The first-order chi connectivity index (χ1) is 13.2. The molecule has 0 radical (unpaired) electrons. The van der Waals surface area contributed by atoms with Crippen LogP contribution in [0, 0.1) is 6.92 Å². The van der Waals surface area contributed by atoms with Gasteiger partial charge in [0.05, 0.1) is 15.9 Å². The van der Waals surface area contributed by atoms with E-state index in [4.69, 9.17) is 0 Å². The van der Waals surface area contributed by atoms with Crippen LogP contribution in [0.15, 0.2) is 41.4 Å². The highest BCUT2D eigenvalue weighted by atomic mass is 32.2. The third-order valence-electron chi connectivity index (χ3n) is 4.48. The Morgan fingerprint density at radius 1 is 1.21 bits per heavy atom. The maximum atomic E-state index is 12.3. The van der Waals surface area contributed by atoms with E-state index >= 15 is 0 Å². The zero-order valence-corrected chi connectivity index (χ0v) is 17.1. The molecule has 0 saturated heterocycles. The molecular formula is C19H23N5O3S. The molecule has 0 atom stereocenters. The van der Waals surface area contributed by atoms with Crippen LogP contribution in [0.3, 0.4) is 0 Å². The molecule has 3 rings (SSSR count). The number of carbonyl (C=O) groups excluding carboxylic acids is 1. The molecule has 28 heavy (non-hydrogen) atoms. The number of hydrogen-bond acceptors (Lipinski definition) is 5. The molecule has 2 aromatic heterocycles. The monoisotopic (exact) mass is 401 g/mol. The predicted octanol–water partition coefficient (Wildman–Crippen LogP) is 2.10. The minimum Gasteiger partial charge on any atom is -0.331 e. The smallest absolute Gasteiger partial charge is 0.242 e. The van der Waals surface area contributed by atoms with Crippen LogP contribution in [0.1, 0.15) is 17.8 Å². The fourth-order valence-corrected chi connectivity index (χ4v) is 3.78. The van der Waals surface area contributed by atoms with Gasteiger partial charge in [-0.3, -0.25) is 4.79 Å². The molecule has 148 valence electrons. The van der Waals surface area contributed by atoms with E-state index in [1.54, 1.807) is 30.5 Å². The van der Waals surface area contributed by atoms with E-state index < -0.39 is 10.0 Å². The minimum atomic E-state index is -3.52. The molecule has 0 saturated carbocycles. The number of benzene rings is 1. The number of nitrogens with zero attached hydrogens (tertiary/aromatic N) is 4. The molecule has 0 aliphatic heterocycles. The van der Waals surface area contributed by atoms with Crippen LogP contribution in [0.25, 0.3) is 11.0 Å². The number of aromatic nitrogens is 3. The van der Waals surface area contributed by atoms with Gasteiger partial charge in [-0.25, -0.2) is 22.7 Å². The quantitative estimate of drug-likeness (QED) is 0.682. The van der Waals surface area contributed by atoms with Gasteiger partial charge in [0.25, 0.3) is 0 Å². The molecule has 1 amide bonds. The summed E-state index contributed by atoms with van der Waals surface area (Å²) >= 11 is 0. The van der Waals surface area contributed by atoms with Gasteiger partial charge in [0.2, 0.25) is 15.9 Å². The molecule has 1 aromatic carbocycles. The third kappa shape index (κ3) is 4.05. The molecule has 3 aromatic rings. The van der Waals surface area contributed by atoms with E-state index in [1.807, 2.05) is 24.6 Å². The predicted molar refractivity (Wildman–Crippen MR) is 108 cm³/mol. The zero-order chi connectivity index (χ0) is 20.5. The van der Waals surface area contributed by atoms with Crippen molar-refractivity contribution in [2.24, 2.45) is 7.05 Å². The van der Waals surface area contributed by atoms with Crippen molar-refractivity contribution in [1.29, 1.82) is 0 Å². The van der Waals surface area contributed by atoms with Gasteiger partial charge in [0.1, 0.15) is 11.6 Å². The first-order valence-electron chi connectivity index (χ1n) is 8.79. The standard InChI is InChI=1S/C19H23N5O3S/c1-13-9-10-20-17(11-13)22-19(25)8-7-18-21-15-12-14(28(26,27)23(2)3)5-6-16(15)24(18)4/h5-6,9-12H,7-8H2,1-4H3,(H,20,22,25). The third-order valence-corrected chi connectivity index (χ3v) is 6.29. The number of amides is 1. The highest BCUT2D eigenvalue weighted by Gasteiger charge is 2.19. The number of imidazole rings is 1. The number of rotatable bonds is 6. The molecule has 0 aliphatic rings. The summed E-state index contributed by atoms with van der Waals surface area (Å²) in [5.41, 5.74) is 2.42. The Hall–Kier alpha value is -2.78. The van der Waals surface area contributed by atoms with Gasteiger partial charge in [-0.05, 0) is 42.8 Å². The van der Waals surface area contributed by atoms with E-state index in [2.05, 4.69) is 15.3 Å². The number of anilines is 1. The van der Waals surface area contributed by atoms with E-state index in [0.717, 1.165) is 11.1 Å². The molecular weight excluding hydrogens is 378 g/mol. The summed E-state index contributed by atoms with van der Waals surface area (Å²) in [7, 11) is 1.31. The molecule has 0 bridgehead atoms. The zero-order valence-electron chi connectivity index (χ0n) is 16.3. The van der Waals surface area contributed by atoms with E-state index in [-0.39, 0.29) is 17.2 Å². The average molecular weight is 401 g/mol. The van der Waals surface area contributed by atoms with Crippen LogP contribution in [-0.2, 0) is 28.3 Å². The Labute approximate surface area is 164 Å². The van der Waals surface area contributed by atoms with Gasteiger partial charge in [-0.1, -0.05) is 0 Å². The lowest BCUT2D eigenvalue weighted by molar-refractivity contribution is -0.116. The Balaban J connectivity index is 1.76. The van der Waals surface area contributed by atoms with Crippen molar-refractivity contribution in [2.75, 3.05) is 19.4 Å². The van der Waals surface area contributed by atoms with Crippen molar-refractivity contribution >= 4 is 32.8 Å². The molecule has 0 unspecified atom stereocenters. The van der Waals surface area contributed by atoms with Gasteiger partial charge in [0.15, 0.2) is 0 Å². The number of aryl methyl sites for hydroxylation is 3. The lowest BCUT2D eigenvalue weighted by Crippen LogP contribution is -2.22. The van der Waals surface area contributed by atoms with Crippen LogP contribution in [-0.4, -0.2) is 47.3 Å². The molecule has 8 nitrogen and oxygen atoms in total. The van der Waals surface area contributed by atoms with Crippen molar-refractivity contribution in [3.63, 3.8) is 0 Å². The first-order valence-corrected chi connectivity index (χ1v) is 10.2. The summed E-state index contributed by atoms with van der Waals surface area (Å²) in [6.07, 6.45) is 2.32. The summed E-state index contributed by atoms with van der Waals surface area (Å²) in [6, 6.07) is 8.53. The number of nitrogens with one attached hydrogen (secondary N) is 1. The van der Waals surface area contributed by atoms with Crippen LogP contribution >= 0.6 is 0 Å². The van der Waals surface area contributed by atoms with Crippen molar-refractivity contribution in [1.82, 2.24) is 18.8 Å². The van der Waals surface area contributed by atoms with E-state index in [0.29, 0.717) is 23.6 Å². The molecule has 0 spiro atoms. The van der Waals surface area contributed by atoms with Crippen LogP contribution < -0.4 is 5.32 Å². The lowest BCUT2D eigenvalue weighted by Gasteiger charge is -2.10. The number of fused-ring (bicyclic) bond motifs is 1. The van der Waals surface area contributed by atoms with Gasteiger partial charge < -0.3 is 9.88 Å². The second-order valence-electron chi connectivity index (χ2n) is 6.79. The SMILES string of the molecule is Cc1ccnc(NC(=O)CCc2nc3cc(S(=O)(=O)N(C)C)ccc3n2C)c1. The summed E-state index contributed by atoms with van der Waals surface area (Å²) in [6.45, 7) is 1.93. The average Bonchev–Trinajstić information content (AvgIpc) is 2.95. The summed E-state index contributed by atoms with van der Waals surface area (Å²) in [5, 5.41) is 2.78. The van der Waals surface area contributed by atoms with E-state index in [9.17, 15) is 13.2 Å². The Morgan fingerprint density at radius 3 is 2.64 bits per heavy atom. The Bertz CT molecular complexity index is 1140. The van der Waals surface area contributed by atoms with Crippen molar-refractivity contribution in [3.8, 4) is 0 Å². The van der Waals surface area contributed by atoms with E-state index in [1.165, 1.54) is 18.4 Å². The van der Waals surface area contributed by atoms with Crippen molar-refractivity contribution < 1.29 is 13.2 Å². The van der Waals surface area contributed by atoms with Crippen LogP contribution in [0.4, 0.5) is 5.82 Å². The highest BCUT2D eigenvalue weighted by molar-refractivity contribution is 7.89. The number of carbonyl (C=O) groups is 1. The topological polar surface area (TPSA) is 97.2 Å². The first kappa shape index (κ1) is 20.0. The number of pyridine rings is 1. The molecule has 1 N–H and O–H groups in total. The van der Waals surface area contributed by atoms with Gasteiger partial charge in [-0.2, -0.15) is 0 Å². The van der Waals surface area contributed by atoms with Crippen molar-refractivity contribution in [3.05, 3.63) is 47.9 Å². The molecule has 9 heteroatoms. The number of hydrogen-bond donors (Lipinski definition) is 1. The second-order valence-corrected chi connectivity index (χ2v) is 8.94. The largest absolute Gasteiger partial charge is 0.331 e. The molecule has 0 aliphatic carbocycles. The summed E-state index contributed by atoms with van der Waals surface area (Å²) in [5.74, 6) is 1.08. The molecule has 2 heterocycles. The maximum absolute atomic E-state index is 12.3. The van der Waals surface area contributed by atoms with Crippen molar-refractivity contribution in [2.45, 2.75) is 24.7 Å². The Morgan fingerprint density at radius 2 is 1.96 bits per heavy atom. The fraction of sp³-hybridized carbons (Fsp3) is 0.316. The Kier molecular flexibility index (Phi) is 5.48. The minimum absolute atomic E-state index is 0.152. The normalized spacial score (nSPS) is 11.9. The summed E-state index contributed by atoms with van der Waals surface area (Å²) < 4.78 is 27.7. The molecule has 0 fully saturated rings. The fourth-order valence-electron chi connectivity index (χ4n) is 2.86.